The minimum atomic E-state index is 0.535. The second kappa shape index (κ2) is 5.41. The van der Waals surface area contributed by atoms with E-state index in [1.807, 2.05) is 0 Å². The lowest BCUT2D eigenvalue weighted by Crippen LogP contribution is -2.10. The van der Waals surface area contributed by atoms with E-state index in [1.165, 1.54) is 19.3 Å². The Morgan fingerprint density at radius 1 is 1.33 bits per heavy atom. The highest BCUT2D eigenvalue weighted by Gasteiger charge is 2.27. The van der Waals surface area contributed by atoms with Crippen LogP contribution in [0.5, 0.6) is 0 Å². The number of halogens is 1. The molecule has 0 bridgehead atoms. The number of nitrogens with zero attached hydrogens (tertiary/aromatic N) is 2. The smallest absolute Gasteiger partial charge is 0.135 e. The second-order valence-corrected chi connectivity index (χ2v) is 5.54. The van der Waals surface area contributed by atoms with Gasteiger partial charge in [-0.3, -0.25) is 0 Å². The molecule has 1 atom stereocenters. The summed E-state index contributed by atoms with van der Waals surface area (Å²) >= 11 is 6.02. The van der Waals surface area contributed by atoms with E-state index < -0.39 is 0 Å². The quantitative estimate of drug-likeness (QED) is 0.834. The number of ether oxygens (including phenoxy) is 1. The molecular formula is C13H18ClN3O. The Bertz CT molecular complexity index is 417. The minimum Gasteiger partial charge on any atom is -0.381 e. The molecule has 3 rings (SSSR count). The highest BCUT2D eigenvalue weighted by atomic mass is 35.5. The van der Waals surface area contributed by atoms with Crippen molar-refractivity contribution in [1.82, 2.24) is 9.97 Å². The molecular weight excluding hydrogens is 250 g/mol. The molecule has 2 aliphatic rings. The fourth-order valence-electron chi connectivity index (χ4n) is 2.27. The van der Waals surface area contributed by atoms with Crippen molar-refractivity contribution in [1.29, 1.82) is 0 Å². The lowest BCUT2D eigenvalue weighted by molar-refractivity contribution is 0.185. The Labute approximate surface area is 112 Å². The Morgan fingerprint density at radius 3 is 2.94 bits per heavy atom. The maximum atomic E-state index is 6.02. The average molecular weight is 268 g/mol. The Kier molecular flexibility index (Phi) is 3.66. The molecule has 2 heterocycles. The van der Waals surface area contributed by atoms with Gasteiger partial charge >= 0.3 is 0 Å². The van der Waals surface area contributed by atoms with Crippen LogP contribution >= 0.6 is 11.6 Å². The molecule has 18 heavy (non-hydrogen) atoms. The van der Waals surface area contributed by atoms with Crippen molar-refractivity contribution in [2.24, 2.45) is 5.92 Å². The van der Waals surface area contributed by atoms with Crippen molar-refractivity contribution in [2.75, 3.05) is 25.1 Å². The molecule has 1 aromatic heterocycles. The SMILES string of the molecule is Clc1cc(NCCC2CCOC2)nc(C2CC2)n1. The zero-order chi connectivity index (χ0) is 12.4. The number of aromatic nitrogens is 2. The Balaban J connectivity index is 1.54. The fourth-order valence-corrected chi connectivity index (χ4v) is 2.46. The Morgan fingerprint density at radius 2 is 2.22 bits per heavy atom. The van der Waals surface area contributed by atoms with Crippen molar-refractivity contribution in [2.45, 2.75) is 31.6 Å². The summed E-state index contributed by atoms with van der Waals surface area (Å²) in [4.78, 5) is 8.80. The van der Waals surface area contributed by atoms with Crippen LogP contribution < -0.4 is 5.32 Å². The highest BCUT2D eigenvalue weighted by molar-refractivity contribution is 6.29. The van der Waals surface area contributed by atoms with Crippen LogP contribution in [-0.4, -0.2) is 29.7 Å². The van der Waals surface area contributed by atoms with E-state index in [9.17, 15) is 0 Å². The average Bonchev–Trinajstić information content (AvgIpc) is 3.08. The molecule has 0 spiro atoms. The molecule has 1 aromatic rings. The van der Waals surface area contributed by atoms with Crippen molar-refractivity contribution < 1.29 is 4.74 Å². The summed E-state index contributed by atoms with van der Waals surface area (Å²) in [6, 6.07) is 1.80. The van der Waals surface area contributed by atoms with Gasteiger partial charge in [-0.2, -0.15) is 0 Å². The van der Waals surface area contributed by atoms with E-state index in [1.54, 1.807) is 6.07 Å². The van der Waals surface area contributed by atoms with E-state index in [-0.39, 0.29) is 0 Å². The predicted molar refractivity (Wildman–Crippen MR) is 71.0 cm³/mol. The van der Waals surface area contributed by atoms with Gasteiger partial charge in [0.15, 0.2) is 0 Å². The largest absolute Gasteiger partial charge is 0.381 e. The molecule has 4 nitrogen and oxygen atoms in total. The zero-order valence-electron chi connectivity index (χ0n) is 10.4. The van der Waals surface area contributed by atoms with Gasteiger partial charge in [0.05, 0.1) is 0 Å². The van der Waals surface area contributed by atoms with Crippen LogP contribution in [0.4, 0.5) is 5.82 Å². The predicted octanol–water partition coefficient (Wildman–Crippen LogP) is 2.85. The van der Waals surface area contributed by atoms with E-state index in [0.29, 0.717) is 17.0 Å². The normalized spacial score (nSPS) is 23.3. The van der Waals surface area contributed by atoms with Gasteiger partial charge in [-0.05, 0) is 31.6 Å². The molecule has 1 saturated heterocycles. The summed E-state index contributed by atoms with van der Waals surface area (Å²) in [5, 5.41) is 3.88. The van der Waals surface area contributed by atoms with E-state index >= 15 is 0 Å². The van der Waals surface area contributed by atoms with Crippen LogP contribution in [-0.2, 0) is 4.74 Å². The van der Waals surface area contributed by atoms with Gasteiger partial charge in [0.2, 0.25) is 0 Å². The molecule has 98 valence electrons. The molecule has 1 unspecified atom stereocenters. The Hall–Kier alpha value is -0.870. The molecule has 1 N–H and O–H groups in total. The third-order valence-corrected chi connectivity index (χ3v) is 3.73. The van der Waals surface area contributed by atoms with Gasteiger partial charge in [-0.15, -0.1) is 0 Å². The first kappa shape index (κ1) is 12.2. The lowest BCUT2D eigenvalue weighted by atomic mass is 10.1. The van der Waals surface area contributed by atoms with Crippen molar-refractivity contribution in [3.05, 3.63) is 17.0 Å². The van der Waals surface area contributed by atoms with Gasteiger partial charge in [-0.25, -0.2) is 9.97 Å². The van der Waals surface area contributed by atoms with Crippen molar-refractivity contribution in [3.63, 3.8) is 0 Å². The van der Waals surface area contributed by atoms with E-state index in [4.69, 9.17) is 16.3 Å². The summed E-state index contributed by atoms with van der Waals surface area (Å²) in [6.07, 6.45) is 4.69. The maximum absolute atomic E-state index is 6.02. The molecule has 2 fully saturated rings. The van der Waals surface area contributed by atoms with Crippen LogP contribution in [0.2, 0.25) is 5.15 Å². The number of rotatable bonds is 5. The first-order valence-corrected chi connectivity index (χ1v) is 7.05. The third kappa shape index (κ3) is 3.12. The van der Waals surface area contributed by atoms with Gasteiger partial charge in [0.1, 0.15) is 16.8 Å². The monoisotopic (exact) mass is 267 g/mol. The molecule has 5 heteroatoms. The van der Waals surface area contributed by atoms with Gasteiger partial charge < -0.3 is 10.1 Å². The summed E-state index contributed by atoms with van der Waals surface area (Å²) in [5.41, 5.74) is 0. The van der Waals surface area contributed by atoms with E-state index in [2.05, 4.69) is 15.3 Å². The van der Waals surface area contributed by atoms with Crippen molar-refractivity contribution >= 4 is 17.4 Å². The molecule has 1 saturated carbocycles. The van der Waals surface area contributed by atoms with Gasteiger partial charge in [0.25, 0.3) is 0 Å². The number of anilines is 1. The minimum absolute atomic E-state index is 0.535. The zero-order valence-corrected chi connectivity index (χ0v) is 11.1. The van der Waals surface area contributed by atoms with Crippen LogP contribution in [0, 0.1) is 5.92 Å². The molecule has 0 radical (unpaired) electrons. The topological polar surface area (TPSA) is 47.0 Å². The van der Waals surface area contributed by atoms with Gasteiger partial charge in [0, 0.05) is 31.7 Å². The second-order valence-electron chi connectivity index (χ2n) is 5.15. The van der Waals surface area contributed by atoms with Crippen LogP contribution in [0.25, 0.3) is 0 Å². The molecule has 1 aliphatic carbocycles. The first-order valence-electron chi connectivity index (χ1n) is 6.67. The van der Waals surface area contributed by atoms with Crippen LogP contribution in [0.3, 0.4) is 0 Å². The summed E-state index contributed by atoms with van der Waals surface area (Å²) < 4.78 is 5.36. The first-order chi connectivity index (χ1) is 8.81. The number of hydrogen-bond acceptors (Lipinski definition) is 4. The van der Waals surface area contributed by atoms with Gasteiger partial charge in [-0.1, -0.05) is 11.6 Å². The van der Waals surface area contributed by atoms with Crippen LogP contribution in [0.15, 0.2) is 6.07 Å². The summed E-state index contributed by atoms with van der Waals surface area (Å²) in [7, 11) is 0. The molecule has 0 aromatic carbocycles. The standard InChI is InChI=1S/C13H18ClN3O/c14-11-7-12(17-13(16-11)10-1-2-10)15-5-3-9-4-6-18-8-9/h7,9-10H,1-6,8H2,(H,15,16,17). The molecule has 0 amide bonds. The molecule has 1 aliphatic heterocycles. The van der Waals surface area contributed by atoms with Crippen molar-refractivity contribution in [3.8, 4) is 0 Å². The maximum Gasteiger partial charge on any atom is 0.135 e. The lowest BCUT2D eigenvalue weighted by Gasteiger charge is -2.10. The fraction of sp³-hybridized carbons (Fsp3) is 0.692. The number of nitrogens with one attached hydrogen (secondary N) is 1. The summed E-state index contributed by atoms with van der Waals surface area (Å²) in [6.45, 7) is 2.74. The third-order valence-electron chi connectivity index (χ3n) is 3.54. The van der Waals surface area contributed by atoms with Crippen LogP contribution in [0.1, 0.15) is 37.4 Å². The summed E-state index contributed by atoms with van der Waals surface area (Å²) in [5.74, 6) is 2.98. The highest BCUT2D eigenvalue weighted by Crippen LogP contribution is 2.38. The van der Waals surface area contributed by atoms with E-state index in [0.717, 1.165) is 37.8 Å². The number of hydrogen-bond donors (Lipinski definition) is 1.